The van der Waals surface area contributed by atoms with Gasteiger partial charge < -0.3 is 9.80 Å². The number of rotatable bonds is 6. The molecule has 2 aliphatic rings. The van der Waals surface area contributed by atoms with Crippen molar-refractivity contribution in [2.75, 3.05) is 37.6 Å². The van der Waals surface area contributed by atoms with Gasteiger partial charge in [0.1, 0.15) is 11.9 Å². The van der Waals surface area contributed by atoms with Crippen molar-refractivity contribution in [1.82, 2.24) is 9.88 Å². The van der Waals surface area contributed by atoms with Crippen LogP contribution in [0.25, 0.3) is 10.9 Å². The van der Waals surface area contributed by atoms with Crippen molar-refractivity contribution in [2.45, 2.75) is 32.1 Å². The monoisotopic (exact) mass is 362 g/mol. The second-order valence-electron chi connectivity index (χ2n) is 7.67. The summed E-state index contributed by atoms with van der Waals surface area (Å²) in [5.74, 6) is 0.655. The van der Waals surface area contributed by atoms with Crippen LogP contribution < -0.4 is 4.90 Å². The van der Waals surface area contributed by atoms with Crippen LogP contribution in [-0.4, -0.2) is 48.4 Å². The number of anilines is 1. The number of fused-ring (bicyclic) bond motifs is 1. The fourth-order valence-corrected chi connectivity index (χ4v) is 4.25. The van der Waals surface area contributed by atoms with Gasteiger partial charge in [-0.15, -0.1) is 0 Å². The molecule has 1 aromatic heterocycles. The van der Waals surface area contributed by atoms with Crippen LogP contribution in [0.15, 0.2) is 30.5 Å². The third-order valence-corrected chi connectivity index (χ3v) is 6.00. The molecule has 2 aromatic rings. The van der Waals surface area contributed by atoms with Crippen LogP contribution in [0.1, 0.15) is 37.7 Å². The van der Waals surface area contributed by atoms with E-state index < -0.39 is 0 Å². The zero-order valence-corrected chi connectivity index (χ0v) is 15.7. The molecule has 3 heterocycles. The highest BCUT2D eigenvalue weighted by atomic mass is 16.1. The standard InChI is InChI=1S/C22H26N4O/c23-16-18-6-7-20(19-4-1-10-24-22(18)19)26-14-8-17(9-15-26)21(27)5-2-11-25-12-3-13-25/h1,4,6-7,10,17H,2-3,5,8-9,11-15H2. The van der Waals surface area contributed by atoms with Crippen LogP contribution >= 0.6 is 0 Å². The summed E-state index contributed by atoms with van der Waals surface area (Å²) in [6.45, 7) is 5.27. The maximum Gasteiger partial charge on any atom is 0.136 e. The topological polar surface area (TPSA) is 60.2 Å². The number of carbonyl (C=O) groups excluding carboxylic acids is 1. The summed E-state index contributed by atoms with van der Waals surface area (Å²) in [4.78, 5) is 21.7. The van der Waals surface area contributed by atoms with Crippen LogP contribution in [0, 0.1) is 17.2 Å². The fourth-order valence-electron chi connectivity index (χ4n) is 4.25. The number of nitriles is 1. The Labute approximate surface area is 160 Å². The number of nitrogens with zero attached hydrogens (tertiary/aromatic N) is 4. The van der Waals surface area contributed by atoms with Crippen LogP contribution in [0.5, 0.6) is 0 Å². The fraction of sp³-hybridized carbons (Fsp3) is 0.500. The Bertz CT molecular complexity index is 860. The second kappa shape index (κ2) is 8.06. The lowest BCUT2D eigenvalue weighted by Gasteiger charge is -2.34. The lowest BCUT2D eigenvalue weighted by molar-refractivity contribution is -0.123. The first-order valence-corrected chi connectivity index (χ1v) is 10.0. The van der Waals surface area contributed by atoms with Crippen LogP contribution in [0.4, 0.5) is 5.69 Å². The summed E-state index contributed by atoms with van der Waals surface area (Å²) in [5.41, 5.74) is 2.50. The molecule has 2 aliphatic heterocycles. The predicted molar refractivity (Wildman–Crippen MR) is 107 cm³/mol. The number of likely N-dealkylation sites (tertiary alicyclic amines) is 1. The van der Waals surface area contributed by atoms with Gasteiger partial charge in [0.15, 0.2) is 0 Å². The minimum absolute atomic E-state index is 0.209. The lowest BCUT2D eigenvalue weighted by atomic mass is 9.89. The molecule has 0 radical (unpaired) electrons. The van der Waals surface area contributed by atoms with E-state index in [2.05, 4.69) is 20.9 Å². The maximum atomic E-state index is 12.5. The zero-order chi connectivity index (χ0) is 18.6. The summed E-state index contributed by atoms with van der Waals surface area (Å²) in [6.07, 6.45) is 6.62. The SMILES string of the molecule is N#Cc1ccc(N2CCC(C(=O)CCCN3CCC3)CC2)c2cccnc12. The number of aromatic nitrogens is 1. The number of hydrogen-bond donors (Lipinski definition) is 0. The molecule has 4 rings (SSSR count). The molecular formula is C22H26N4O. The van der Waals surface area contributed by atoms with Crippen LogP contribution in [-0.2, 0) is 4.79 Å². The molecule has 0 aliphatic carbocycles. The van der Waals surface area contributed by atoms with Gasteiger partial charge in [-0.25, -0.2) is 0 Å². The number of carbonyl (C=O) groups is 1. The van der Waals surface area contributed by atoms with E-state index in [1.165, 1.54) is 19.5 Å². The van der Waals surface area contributed by atoms with Crippen molar-refractivity contribution in [1.29, 1.82) is 5.26 Å². The number of pyridine rings is 1. The summed E-state index contributed by atoms with van der Waals surface area (Å²) < 4.78 is 0. The first-order chi connectivity index (χ1) is 13.3. The Morgan fingerprint density at radius 2 is 2.00 bits per heavy atom. The van der Waals surface area contributed by atoms with Crippen molar-refractivity contribution in [3.05, 3.63) is 36.0 Å². The largest absolute Gasteiger partial charge is 0.371 e. The van der Waals surface area contributed by atoms with Crippen molar-refractivity contribution in [3.63, 3.8) is 0 Å². The van der Waals surface area contributed by atoms with Gasteiger partial charge in [0.2, 0.25) is 0 Å². The summed E-state index contributed by atoms with van der Waals surface area (Å²) in [6, 6.07) is 10.1. The van der Waals surface area contributed by atoms with Crippen LogP contribution in [0.2, 0.25) is 0 Å². The highest BCUT2D eigenvalue weighted by molar-refractivity contribution is 5.95. The molecule has 5 nitrogen and oxygen atoms in total. The van der Waals surface area contributed by atoms with Gasteiger partial charge >= 0.3 is 0 Å². The number of hydrogen-bond acceptors (Lipinski definition) is 5. The van der Waals surface area contributed by atoms with Gasteiger partial charge in [-0.3, -0.25) is 9.78 Å². The minimum Gasteiger partial charge on any atom is -0.371 e. The third-order valence-electron chi connectivity index (χ3n) is 6.00. The molecule has 0 spiro atoms. The highest BCUT2D eigenvalue weighted by Crippen LogP contribution is 2.31. The Morgan fingerprint density at radius 1 is 1.19 bits per heavy atom. The van der Waals surface area contributed by atoms with E-state index >= 15 is 0 Å². The summed E-state index contributed by atoms with van der Waals surface area (Å²) >= 11 is 0. The second-order valence-corrected chi connectivity index (χ2v) is 7.67. The summed E-state index contributed by atoms with van der Waals surface area (Å²) in [5, 5.41) is 10.3. The lowest BCUT2D eigenvalue weighted by Crippen LogP contribution is -2.38. The molecule has 0 saturated carbocycles. The van der Waals surface area contributed by atoms with E-state index in [4.69, 9.17) is 0 Å². The van der Waals surface area contributed by atoms with Gasteiger partial charge in [-0.05, 0) is 69.6 Å². The first kappa shape index (κ1) is 17.9. The molecule has 0 atom stereocenters. The van der Waals surface area contributed by atoms with Gasteiger partial charge in [0.05, 0.1) is 11.1 Å². The molecule has 140 valence electrons. The highest BCUT2D eigenvalue weighted by Gasteiger charge is 2.26. The van der Waals surface area contributed by atoms with Crippen molar-refractivity contribution >= 4 is 22.4 Å². The molecule has 0 N–H and O–H groups in total. The van der Waals surface area contributed by atoms with E-state index in [0.29, 0.717) is 11.3 Å². The molecule has 1 aromatic carbocycles. The predicted octanol–water partition coefficient (Wildman–Crippen LogP) is 3.38. The normalized spacial score (nSPS) is 18.3. The molecule has 27 heavy (non-hydrogen) atoms. The Kier molecular flexibility index (Phi) is 5.35. The Morgan fingerprint density at radius 3 is 2.70 bits per heavy atom. The van der Waals surface area contributed by atoms with E-state index in [0.717, 1.165) is 61.9 Å². The first-order valence-electron chi connectivity index (χ1n) is 10.0. The van der Waals surface area contributed by atoms with E-state index in [1.807, 2.05) is 24.3 Å². The van der Waals surface area contributed by atoms with Crippen LogP contribution in [0.3, 0.4) is 0 Å². The molecule has 0 amide bonds. The van der Waals surface area contributed by atoms with E-state index in [1.54, 1.807) is 6.20 Å². The molecule has 5 heteroatoms. The van der Waals surface area contributed by atoms with E-state index in [-0.39, 0.29) is 5.92 Å². The Balaban J connectivity index is 1.37. The number of piperidine rings is 1. The average Bonchev–Trinajstić information content (AvgIpc) is 2.69. The quantitative estimate of drug-likeness (QED) is 0.788. The molecule has 0 unspecified atom stereocenters. The van der Waals surface area contributed by atoms with Crippen molar-refractivity contribution in [3.8, 4) is 6.07 Å². The average molecular weight is 362 g/mol. The van der Waals surface area contributed by atoms with Crippen molar-refractivity contribution in [2.24, 2.45) is 5.92 Å². The van der Waals surface area contributed by atoms with E-state index in [9.17, 15) is 10.1 Å². The Hall–Kier alpha value is -2.45. The summed E-state index contributed by atoms with van der Waals surface area (Å²) in [7, 11) is 0. The number of Topliss-reactive ketones (excluding diaryl/α,β-unsaturated/α-hetero) is 1. The zero-order valence-electron chi connectivity index (χ0n) is 15.7. The van der Waals surface area contributed by atoms with Gasteiger partial charge in [-0.2, -0.15) is 5.26 Å². The number of ketones is 1. The third kappa shape index (κ3) is 3.81. The molecule has 2 saturated heterocycles. The maximum absolute atomic E-state index is 12.5. The molecular weight excluding hydrogens is 336 g/mol. The van der Waals surface area contributed by atoms with Gasteiger partial charge in [0, 0.05) is 42.7 Å². The molecule has 2 fully saturated rings. The molecule has 0 bridgehead atoms. The smallest absolute Gasteiger partial charge is 0.136 e. The number of benzene rings is 1. The van der Waals surface area contributed by atoms with Crippen molar-refractivity contribution < 1.29 is 4.79 Å². The van der Waals surface area contributed by atoms with Gasteiger partial charge in [0.25, 0.3) is 0 Å². The minimum atomic E-state index is 0.209. The van der Waals surface area contributed by atoms with Gasteiger partial charge in [-0.1, -0.05) is 0 Å².